The number of hydrogen-bond donors (Lipinski definition) is 1. The van der Waals surface area contributed by atoms with Crippen molar-refractivity contribution in [3.8, 4) is 0 Å². The van der Waals surface area contributed by atoms with E-state index >= 15 is 0 Å². The van der Waals surface area contributed by atoms with Gasteiger partial charge >= 0.3 is 0 Å². The second kappa shape index (κ2) is 6.88. The monoisotopic (exact) mass is 283 g/mol. The van der Waals surface area contributed by atoms with E-state index in [0.29, 0.717) is 11.2 Å². The Balaban J connectivity index is 1.89. The first-order chi connectivity index (χ1) is 9.20. The maximum Gasteiger partial charge on any atom is 0.233 e. The van der Waals surface area contributed by atoms with Gasteiger partial charge in [0.05, 0.1) is 5.25 Å². The van der Waals surface area contributed by atoms with Crippen LogP contribution in [0.15, 0.2) is 5.16 Å². The van der Waals surface area contributed by atoms with E-state index in [0.717, 1.165) is 19.3 Å². The smallest absolute Gasteiger partial charge is 0.233 e. The molecule has 0 aliphatic heterocycles. The standard InChI is InChI=1S/C12H21N5OS/c1-3-10(19-12-14-15-16-17(12)2)11(18)13-9-7-5-4-6-8-9/h9-10H,3-8H2,1-2H3,(H,13,18). The van der Waals surface area contributed by atoms with Gasteiger partial charge < -0.3 is 5.32 Å². The van der Waals surface area contributed by atoms with Crippen molar-refractivity contribution in [1.29, 1.82) is 0 Å². The first-order valence-corrected chi connectivity index (χ1v) is 7.78. The van der Waals surface area contributed by atoms with E-state index in [1.54, 1.807) is 11.7 Å². The van der Waals surface area contributed by atoms with Gasteiger partial charge in [-0.25, -0.2) is 4.68 Å². The number of nitrogens with zero attached hydrogens (tertiary/aromatic N) is 4. The number of amides is 1. The largest absolute Gasteiger partial charge is 0.352 e. The minimum atomic E-state index is -0.119. The van der Waals surface area contributed by atoms with E-state index in [-0.39, 0.29) is 11.2 Å². The SMILES string of the molecule is CCC(Sc1nnnn1C)C(=O)NC1CCCCC1. The Morgan fingerprint density at radius 2 is 2.21 bits per heavy atom. The molecule has 1 aromatic rings. The van der Waals surface area contributed by atoms with Crippen LogP contribution >= 0.6 is 11.8 Å². The van der Waals surface area contributed by atoms with Crippen LogP contribution in [-0.2, 0) is 11.8 Å². The third-order valence-corrected chi connectivity index (χ3v) is 4.83. The van der Waals surface area contributed by atoms with Gasteiger partial charge in [-0.1, -0.05) is 37.9 Å². The molecule has 1 aliphatic carbocycles. The van der Waals surface area contributed by atoms with Gasteiger partial charge in [-0.05, 0) is 29.7 Å². The minimum absolute atomic E-state index is 0.113. The number of rotatable bonds is 5. The van der Waals surface area contributed by atoms with Crippen molar-refractivity contribution in [3.05, 3.63) is 0 Å². The summed E-state index contributed by atoms with van der Waals surface area (Å²) in [6.45, 7) is 2.02. The number of hydrogen-bond acceptors (Lipinski definition) is 5. The molecule has 1 amide bonds. The molecule has 1 saturated carbocycles. The van der Waals surface area contributed by atoms with E-state index in [1.165, 1.54) is 31.0 Å². The van der Waals surface area contributed by atoms with Crippen LogP contribution in [-0.4, -0.2) is 37.4 Å². The zero-order chi connectivity index (χ0) is 13.7. The Bertz CT molecular complexity index is 416. The Labute approximate surface area is 117 Å². The molecule has 2 rings (SSSR count). The van der Waals surface area contributed by atoms with Gasteiger partial charge in [0, 0.05) is 13.1 Å². The highest BCUT2D eigenvalue weighted by Gasteiger charge is 2.23. The van der Waals surface area contributed by atoms with E-state index in [1.807, 2.05) is 6.92 Å². The summed E-state index contributed by atoms with van der Waals surface area (Å²) in [5.41, 5.74) is 0. The van der Waals surface area contributed by atoms with Crippen LogP contribution in [0.2, 0.25) is 0 Å². The van der Waals surface area contributed by atoms with Gasteiger partial charge in [0.2, 0.25) is 11.1 Å². The lowest BCUT2D eigenvalue weighted by molar-refractivity contribution is -0.121. The molecule has 6 nitrogen and oxygen atoms in total. The topological polar surface area (TPSA) is 72.7 Å². The van der Waals surface area contributed by atoms with E-state index in [4.69, 9.17) is 0 Å². The van der Waals surface area contributed by atoms with Gasteiger partial charge in [-0.2, -0.15) is 0 Å². The quantitative estimate of drug-likeness (QED) is 0.830. The molecule has 1 N–H and O–H groups in total. The molecule has 1 unspecified atom stereocenters. The Morgan fingerprint density at radius 1 is 1.47 bits per heavy atom. The van der Waals surface area contributed by atoms with Gasteiger partial charge in [0.1, 0.15) is 0 Å². The van der Waals surface area contributed by atoms with Crippen LogP contribution in [0.25, 0.3) is 0 Å². The fraction of sp³-hybridized carbons (Fsp3) is 0.833. The average Bonchev–Trinajstić information content (AvgIpc) is 2.82. The zero-order valence-electron chi connectivity index (χ0n) is 11.5. The van der Waals surface area contributed by atoms with Crippen molar-refractivity contribution in [1.82, 2.24) is 25.5 Å². The number of thioether (sulfide) groups is 1. The summed E-state index contributed by atoms with van der Waals surface area (Å²) in [7, 11) is 1.79. The summed E-state index contributed by atoms with van der Waals surface area (Å²) < 4.78 is 1.60. The molecular formula is C12H21N5OS. The number of aromatic nitrogens is 4. The van der Waals surface area contributed by atoms with Crippen molar-refractivity contribution in [2.75, 3.05) is 0 Å². The van der Waals surface area contributed by atoms with E-state index in [9.17, 15) is 4.79 Å². The minimum Gasteiger partial charge on any atom is -0.352 e. The van der Waals surface area contributed by atoms with E-state index in [2.05, 4.69) is 20.8 Å². The Morgan fingerprint density at radius 3 is 2.79 bits per heavy atom. The molecule has 0 spiro atoms. The predicted molar refractivity (Wildman–Crippen MR) is 73.7 cm³/mol. The number of carbonyl (C=O) groups excluding carboxylic acids is 1. The number of carbonyl (C=O) groups is 1. The second-order valence-electron chi connectivity index (χ2n) is 4.94. The van der Waals surface area contributed by atoms with Crippen LogP contribution in [0.1, 0.15) is 45.4 Å². The first kappa shape index (κ1) is 14.3. The van der Waals surface area contributed by atoms with Crippen molar-refractivity contribution >= 4 is 17.7 Å². The van der Waals surface area contributed by atoms with Gasteiger partial charge in [-0.3, -0.25) is 4.79 Å². The third-order valence-electron chi connectivity index (χ3n) is 3.44. The lowest BCUT2D eigenvalue weighted by Gasteiger charge is -2.24. The van der Waals surface area contributed by atoms with E-state index < -0.39 is 0 Å². The predicted octanol–water partition coefficient (Wildman–Crippen LogP) is 1.53. The molecule has 1 atom stereocenters. The van der Waals surface area contributed by atoms with Gasteiger partial charge in [0.15, 0.2) is 0 Å². The van der Waals surface area contributed by atoms with Crippen molar-refractivity contribution in [2.24, 2.45) is 7.05 Å². The summed E-state index contributed by atoms with van der Waals surface area (Å²) in [5.74, 6) is 0.113. The third kappa shape index (κ3) is 3.92. The van der Waals surface area contributed by atoms with Gasteiger partial charge in [0.25, 0.3) is 0 Å². The molecule has 0 saturated heterocycles. The molecular weight excluding hydrogens is 262 g/mol. The van der Waals surface area contributed by atoms with Crippen LogP contribution < -0.4 is 5.32 Å². The average molecular weight is 283 g/mol. The summed E-state index contributed by atoms with van der Waals surface area (Å²) in [4.78, 5) is 12.3. The molecule has 7 heteroatoms. The Hall–Kier alpha value is -1.11. The Kier molecular flexibility index (Phi) is 5.18. The number of tetrazole rings is 1. The normalized spacial score (nSPS) is 18.2. The molecule has 1 fully saturated rings. The first-order valence-electron chi connectivity index (χ1n) is 6.90. The highest BCUT2D eigenvalue weighted by molar-refractivity contribution is 8.00. The molecule has 0 radical (unpaired) electrons. The number of nitrogens with one attached hydrogen (secondary N) is 1. The highest BCUT2D eigenvalue weighted by Crippen LogP contribution is 2.24. The zero-order valence-corrected chi connectivity index (χ0v) is 12.3. The molecule has 0 bridgehead atoms. The molecule has 1 heterocycles. The molecule has 19 heavy (non-hydrogen) atoms. The molecule has 1 aromatic heterocycles. The fourth-order valence-corrected chi connectivity index (χ4v) is 3.18. The summed E-state index contributed by atoms with van der Waals surface area (Å²) in [6.07, 6.45) is 6.74. The van der Waals surface area contributed by atoms with Crippen molar-refractivity contribution in [3.63, 3.8) is 0 Å². The van der Waals surface area contributed by atoms with Crippen LogP contribution in [0.3, 0.4) is 0 Å². The number of aryl methyl sites for hydroxylation is 1. The van der Waals surface area contributed by atoms with Crippen LogP contribution in [0.4, 0.5) is 0 Å². The lowest BCUT2D eigenvalue weighted by atomic mass is 9.95. The molecule has 1 aliphatic rings. The summed E-state index contributed by atoms with van der Waals surface area (Å²) in [6, 6.07) is 0.355. The lowest BCUT2D eigenvalue weighted by Crippen LogP contribution is -2.41. The van der Waals surface area contributed by atoms with Crippen molar-refractivity contribution in [2.45, 2.75) is 61.9 Å². The van der Waals surface area contributed by atoms with Crippen molar-refractivity contribution < 1.29 is 4.79 Å². The molecule has 0 aromatic carbocycles. The maximum absolute atomic E-state index is 12.3. The van der Waals surface area contributed by atoms with Crippen LogP contribution in [0.5, 0.6) is 0 Å². The maximum atomic E-state index is 12.3. The summed E-state index contributed by atoms with van der Waals surface area (Å²) >= 11 is 1.43. The fourth-order valence-electron chi connectivity index (χ4n) is 2.31. The highest BCUT2D eigenvalue weighted by atomic mass is 32.2. The molecule has 106 valence electrons. The summed E-state index contributed by atoms with van der Waals surface area (Å²) in [5, 5.41) is 15.0. The second-order valence-corrected chi connectivity index (χ2v) is 6.11. The van der Waals surface area contributed by atoms with Crippen LogP contribution in [0, 0.1) is 0 Å². The van der Waals surface area contributed by atoms with Gasteiger partial charge in [-0.15, -0.1) is 5.10 Å².